The summed E-state index contributed by atoms with van der Waals surface area (Å²) in [4.78, 5) is 38.3. The van der Waals surface area contributed by atoms with Gasteiger partial charge in [-0.25, -0.2) is 23.2 Å². The van der Waals surface area contributed by atoms with Crippen LogP contribution in [0.4, 0.5) is 19.3 Å². The van der Waals surface area contributed by atoms with Crippen molar-refractivity contribution in [3.8, 4) is 11.4 Å². The zero-order valence-electron chi connectivity index (χ0n) is 16.6. The van der Waals surface area contributed by atoms with Crippen molar-refractivity contribution in [2.45, 2.75) is 19.9 Å². The second-order valence-electron chi connectivity index (χ2n) is 6.63. The predicted octanol–water partition coefficient (Wildman–Crippen LogP) is 2.30. The van der Waals surface area contributed by atoms with E-state index in [0.29, 0.717) is 9.36 Å². The molecule has 12 heteroatoms. The van der Waals surface area contributed by atoms with Crippen molar-refractivity contribution in [3.05, 3.63) is 64.1 Å². The maximum Gasteiger partial charge on any atom is 0.377 e. The summed E-state index contributed by atoms with van der Waals surface area (Å²) in [5.41, 5.74) is -2.04. The van der Waals surface area contributed by atoms with E-state index in [2.05, 4.69) is 10.4 Å². The largest absolute Gasteiger partial charge is 0.497 e. The van der Waals surface area contributed by atoms with Crippen molar-refractivity contribution in [3.63, 3.8) is 0 Å². The van der Waals surface area contributed by atoms with Gasteiger partial charge in [-0.3, -0.25) is 4.90 Å². The Bertz CT molecular complexity index is 1200. The Morgan fingerprint density at radius 1 is 1.13 bits per heavy atom. The average Bonchev–Trinajstić information content (AvgIpc) is 3.08. The van der Waals surface area contributed by atoms with Crippen LogP contribution in [0.25, 0.3) is 5.69 Å². The summed E-state index contributed by atoms with van der Waals surface area (Å²) >= 11 is 0. The lowest BCUT2D eigenvalue weighted by Crippen LogP contribution is -2.44. The number of nitrogens with zero attached hydrogens (tertiary/aromatic N) is 5. The molecule has 0 radical (unpaired) electrons. The fourth-order valence-electron chi connectivity index (χ4n) is 2.89. The van der Waals surface area contributed by atoms with E-state index in [1.807, 2.05) is 0 Å². The van der Waals surface area contributed by atoms with Crippen LogP contribution in [-0.2, 0) is 0 Å². The van der Waals surface area contributed by atoms with Crippen LogP contribution in [0.5, 0.6) is 5.75 Å². The molecule has 1 amide bonds. The lowest BCUT2D eigenvalue weighted by molar-refractivity contribution is 0.0696. The molecule has 0 bridgehead atoms. The molecule has 0 aliphatic heterocycles. The van der Waals surface area contributed by atoms with Crippen LogP contribution in [-0.4, -0.2) is 50.0 Å². The number of tetrazole rings is 1. The molecule has 2 aromatic carbocycles. The zero-order chi connectivity index (χ0) is 22.9. The Morgan fingerprint density at radius 3 is 2.32 bits per heavy atom. The molecule has 0 atom stereocenters. The molecule has 3 rings (SSSR count). The van der Waals surface area contributed by atoms with Crippen molar-refractivity contribution in [2.75, 3.05) is 12.0 Å². The Morgan fingerprint density at radius 2 is 1.77 bits per heavy atom. The molecule has 0 fully saturated rings. The molecule has 1 heterocycles. The smallest absolute Gasteiger partial charge is 0.377 e. The minimum atomic E-state index is -1.26. The van der Waals surface area contributed by atoms with Crippen LogP contribution in [0.1, 0.15) is 24.2 Å². The number of methoxy groups -OCH3 is 1. The lowest BCUT2D eigenvalue weighted by Gasteiger charge is -2.26. The Labute approximate surface area is 173 Å². The minimum absolute atomic E-state index is 0.107. The van der Waals surface area contributed by atoms with E-state index < -0.39 is 41.1 Å². The first-order valence-electron chi connectivity index (χ1n) is 8.91. The monoisotopic (exact) mass is 433 g/mol. The molecule has 0 saturated carbocycles. The molecular formula is C19H17F2N5O5. The summed E-state index contributed by atoms with van der Waals surface area (Å²) < 4.78 is 33.8. The molecule has 0 aliphatic carbocycles. The molecule has 1 aromatic heterocycles. The van der Waals surface area contributed by atoms with Gasteiger partial charge in [0.15, 0.2) is 11.6 Å². The molecule has 0 aliphatic rings. The third-order valence-corrected chi connectivity index (χ3v) is 4.29. The third kappa shape index (κ3) is 3.99. The van der Waals surface area contributed by atoms with Crippen molar-refractivity contribution in [1.29, 1.82) is 0 Å². The normalized spacial score (nSPS) is 10.9. The second-order valence-corrected chi connectivity index (χ2v) is 6.63. The van der Waals surface area contributed by atoms with Crippen LogP contribution in [0.15, 0.2) is 41.2 Å². The first kappa shape index (κ1) is 21.6. The van der Waals surface area contributed by atoms with Crippen molar-refractivity contribution >= 4 is 17.7 Å². The van der Waals surface area contributed by atoms with E-state index >= 15 is 0 Å². The number of carboxylic acid groups (broad SMARTS) is 1. The highest BCUT2D eigenvalue weighted by atomic mass is 19.1. The Kier molecular flexibility index (Phi) is 5.81. The summed E-state index contributed by atoms with van der Waals surface area (Å²) in [6.45, 7) is 3.23. The molecule has 162 valence electrons. The highest BCUT2D eigenvalue weighted by molar-refractivity contribution is 5.96. The number of benzene rings is 2. The number of hydrogen-bond acceptors (Lipinski definition) is 6. The van der Waals surface area contributed by atoms with Crippen LogP contribution >= 0.6 is 0 Å². The number of rotatable bonds is 5. The van der Waals surface area contributed by atoms with E-state index in [9.17, 15) is 28.3 Å². The molecule has 1 N–H and O–H groups in total. The van der Waals surface area contributed by atoms with E-state index in [0.717, 1.165) is 23.1 Å². The summed E-state index contributed by atoms with van der Waals surface area (Å²) in [6, 6.07) is 5.27. The average molecular weight is 433 g/mol. The van der Waals surface area contributed by atoms with Gasteiger partial charge in [0, 0.05) is 12.1 Å². The van der Waals surface area contributed by atoms with Gasteiger partial charge in [-0.15, -0.1) is 4.68 Å². The third-order valence-electron chi connectivity index (χ3n) is 4.29. The van der Waals surface area contributed by atoms with Crippen LogP contribution in [0, 0.1) is 11.6 Å². The first-order valence-corrected chi connectivity index (χ1v) is 8.91. The number of halogens is 2. The number of ether oxygens (including phenoxy) is 1. The summed E-state index contributed by atoms with van der Waals surface area (Å²) in [6.07, 6.45) is 0. The highest BCUT2D eigenvalue weighted by Crippen LogP contribution is 2.26. The number of amides is 1. The van der Waals surface area contributed by atoms with Crippen LogP contribution < -0.4 is 15.3 Å². The van der Waals surface area contributed by atoms with Gasteiger partial charge in [-0.2, -0.15) is 4.68 Å². The number of carboxylic acids is 1. The zero-order valence-corrected chi connectivity index (χ0v) is 16.6. The fraction of sp³-hybridized carbons (Fsp3) is 0.211. The van der Waals surface area contributed by atoms with Gasteiger partial charge >= 0.3 is 17.7 Å². The van der Waals surface area contributed by atoms with Gasteiger partial charge in [0.05, 0.1) is 18.4 Å². The SMILES string of the molecule is COc1cc(C(=O)O)cc(N(C(=O)n2nnn(-c3c(F)cccc3F)c2=O)C(C)C)c1. The highest BCUT2D eigenvalue weighted by Gasteiger charge is 2.28. The van der Waals surface area contributed by atoms with Crippen molar-refractivity contribution < 1.29 is 28.2 Å². The summed E-state index contributed by atoms with van der Waals surface area (Å²) in [5, 5.41) is 16.2. The van der Waals surface area contributed by atoms with Gasteiger partial charge in [0.1, 0.15) is 11.4 Å². The Hall–Kier alpha value is -4.09. The van der Waals surface area contributed by atoms with E-state index in [1.54, 1.807) is 13.8 Å². The number of hydrogen-bond donors (Lipinski definition) is 1. The number of aromatic carboxylic acids is 1. The standard InChI is InChI=1S/C19H17F2N5O5/c1-10(2)24(12-7-11(17(27)28)8-13(9-12)31-3)18(29)26-19(30)25(22-23-26)16-14(20)5-4-6-15(16)21/h4-10H,1-3H3,(H,27,28). The molecule has 31 heavy (non-hydrogen) atoms. The number of anilines is 1. The van der Waals surface area contributed by atoms with Crippen molar-refractivity contribution in [2.24, 2.45) is 0 Å². The van der Waals surface area contributed by atoms with E-state index in [1.165, 1.54) is 25.3 Å². The molecule has 0 unspecified atom stereocenters. The number of carbonyl (C=O) groups excluding carboxylic acids is 1. The van der Waals surface area contributed by atoms with E-state index in [4.69, 9.17) is 4.74 Å². The van der Waals surface area contributed by atoms with Gasteiger partial charge in [0.25, 0.3) is 0 Å². The number of carbonyl (C=O) groups is 2. The van der Waals surface area contributed by atoms with Gasteiger partial charge in [-0.05, 0) is 48.5 Å². The van der Waals surface area contributed by atoms with Gasteiger partial charge in [-0.1, -0.05) is 6.07 Å². The van der Waals surface area contributed by atoms with Crippen LogP contribution in [0.2, 0.25) is 0 Å². The van der Waals surface area contributed by atoms with Gasteiger partial charge in [0.2, 0.25) is 0 Å². The number of aromatic nitrogens is 4. The maximum atomic E-state index is 14.0. The topological polar surface area (TPSA) is 120 Å². The molecule has 0 spiro atoms. The predicted molar refractivity (Wildman–Crippen MR) is 104 cm³/mol. The number of para-hydroxylation sites is 1. The molecule has 0 saturated heterocycles. The lowest BCUT2D eigenvalue weighted by atomic mass is 10.1. The first-order chi connectivity index (χ1) is 14.6. The Balaban J connectivity index is 2.11. The van der Waals surface area contributed by atoms with Crippen LogP contribution in [0.3, 0.4) is 0 Å². The van der Waals surface area contributed by atoms with Crippen molar-refractivity contribution in [1.82, 2.24) is 19.8 Å². The second kappa shape index (κ2) is 8.34. The minimum Gasteiger partial charge on any atom is -0.497 e. The van der Waals surface area contributed by atoms with Gasteiger partial charge < -0.3 is 9.84 Å². The summed E-state index contributed by atoms with van der Waals surface area (Å²) in [7, 11) is 1.32. The molecule has 3 aromatic rings. The van der Waals surface area contributed by atoms with E-state index in [-0.39, 0.29) is 17.0 Å². The molecule has 10 nitrogen and oxygen atoms in total. The fourth-order valence-corrected chi connectivity index (χ4v) is 2.89. The quantitative estimate of drug-likeness (QED) is 0.613. The molecular weight excluding hydrogens is 416 g/mol. The maximum absolute atomic E-state index is 14.0. The summed E-state index contributed by atoms with van der Waals surface area (Å²) in [5.74, 6) is -3.23.